The summed E-state index contributed by atoms with van der Waals surface area (Å²) in [5.74, 6) is -0.989. The van der Waals surface area contributed by atoms with Crippen LogP contribution in [0.15, 0.2) is 83.8 Å². The lowest BCUT2D eigenvalue weighted by atomic mass is 10.1. The number of benzene rings is 3. The molecule has 10 heteroatoms. The Kier molecular flexibility index (Phi) is 6.77. The van der Waals surface area contributed by atoms with E-state index < -0.39 is 21.9 Å². The Morgan fingerprint density at radius 2 is 1.70 bits per heavy atom. The van der Waals surface area contributed by atoms with Gasteiger partial charge in [-0.05, 0) is 49.2 Å². The van der Waals surface area contributed by atoms with Gasteiger partial charge in [-0.25, -0.2) is 18.2 Å². The number of ether oxygens (including phenoxy) is 1. The number of anilines is 2. The summed E-state index contributed by atoms with van der Waals surface area (Å²) < 4.78 is 33.0. The second kappa shape index (κ2) is 10.2. The van der Waals surface area contributed by atoms with E-state index in [-0.39, 0.29) is 27.1 Å². The molecule has 0 bridgehead atoms. The molecule has 0 aliphatic carbocycles. The fraction of sp³-hybridized carbons (Fsp3) is 0.148. The highest BCUT2D eigenvalue weighted by atomic mass is 32.2. The maximum absolute atomic E-state index is 13.2. The van der Waals surface area contributed by atoms with Crippen molar-refractivity contribution in [1.82, 2.24) is 4.98 Å². The quantitative estimate of drug-likeness (QED) is 0.336. The van der Waals surface area contributed by atoms with E-state index in [2.05, 4.69) is 10.3 Å². The molecule has 37 heavy (non-hydrogen) atoms. The molecule has 1 N–H and O–H groups in total. The van der Waals surface area contributed by atoms with E-state index in [1.165, 1.54) is 28.6 Å². The van der Waals surface area contributed by atoms with Gasteiger partial charge < -0.3 is 4.74 Å². The maximum Gasteiger partial charge on any atom is 0.350 e. The van der Waals surface area contributed by atoms with Crippen molar-refractivity contribution in [3.05, 3.63) is 94.9 Å². The molecule has 1 aliphatic heterocycles. The Labute approximate surface area is 218 Å². The molecule has 0 radical (unpaired) electrons. The molecule has 2 heterocycles. The largest absolute Gasteiger partial charge is 0.462 e. The van der Waals surface area contributed by atoms with Crippen LogP contribution in [0.25, 0.3) is 11.3 Å². The van der Waals surface area contributed by atoms with Gasteiger partial charge in [-0.3, -0.25) is 14.4 Å². The number of fused-ring (bicyclic) bond motifs is 1. The minimum Gasteiger partial charge on any atom is -0.462 e. The van der Waals surface area contributed by atoms with Gasteiger partial charge in [0.2, 0.25) is 0 Å². The summed E-state index contributed by atoms with van der Waals surface area (Å²) in [6.45, 7) is 2.31. The van der Waals surface area contributed by atoms with Gasteiger partial charge in [0.15, 0.2) is 5.13 Å². The van der Waals surface area contributed by atoms with Crippen LogP contribution in [0.1, 0.15) is 32.5 Å². The van der Waals surface area contributed by atoms with E-state index in [9.17, 15) is 18.0 Å². The first-order valence-electron chi connectivity index (χ1n) is 11.6. The number of hydrogen-bond donors (Lipinski definition) is 1. The topological polar surface area (TPSA) is 106 Å². The molecule has 8 nitrogen and oxygen atoms in total. The molecule has 0 saturated heterocycles. The third-order valence-corrected chi connectivity index (χ3v) is 8.68. The van der Waals surface area contributed by atoms with Crippen LogP contribution in [0.3, 0.4) is 0 Å². The first-order chi connectivity index (χ1) is 17.9. The van der Waals surface area contributed by atoms with Crippen LogP contribution < -0.4 is 9.62 Å². The molecule has 0 unspecified atom stereocenters. The van der Waals surface area contributed by atoms with Crippen LogP contribution in [-0.4, -0.2) is 38.4 Å². The minimum atomic E-state index is -3.76. The number of hydrogen-bond acceptors (Lipinski definition) is 7. The number of carbonyl (C=O) groups excluding carboxylic acids is 2. The Morgan fingerprint density at radius 1 is 1.00 bits per heavy atom. The zero-order valence-corrected chi connectivity index (χ0v) is 21.5. The van der Waals surface area contributed by atoms with Crippen molar-refractivity contribution < 1.29 is 22.7 Å². The molecule has 188 valence electrons. The lowest BCUT2D eigenvalue weighted by Gasteiger charge is -2.19. The standard InChI is InChI=1S/C27H23N3O5S2/c1-2-35-26(32)24-23(19-9-4-3-5-10-19)28-27(36-24)29-25(31)20-12-14-21(15-13-20)37(33,34)30-17-16-18-8-6-7-11-22(18)30/h3-15H,2,16-17H2,1H3,(H,28,29,31). The van der Waals surface area contributed by atoms with Gasteiger partial charge in [-0.15, -0.1) is 0 Å². The van der Waals surface area contributed by atoms with Crippen molar-refractivity contribution in [2.24, 2.45) is 0 Å². The Bertz CT molecular complexity index is 1570. The summed E-state index contributed by atoms with van der Waals surface area (Å²) in [5, 5.41) is 2.95. The molecule has 0 fully saturated rings. The van der Waals surface area contributed by atoms with Gasteiger partial charge in [0.1, 0.15) is 4.88 Å². The summed E-state index contributed by atoms with van der Waals surface area (Å²) in [4.78, 5) is 30.3. The average Bonchev–Trinajstić information content (AvgIpc) is 3.54. The molecule has 0 saturated carbocycles. The van der Waals surface area contributed by atoms with Gasteiger partial charge in [-0.2, -0.15) is 0 Å². The van der Waals surface area contributed by atoms with Crippen LogP contribution in [0.2, 0.25) is 0 Å². The minimum absolute atomic E-state index is 0.103. The number of para-hydroxylation sites is 1. The molecule has 1 amide bonds. The lowest BCUT2D eigenvalue weighted by Crippen LogP contribution is -2.29. The van der Waals surface area contributed by atoms with E-state index in [1.807, 2.05) is 48.5 Å². The van der Waals surface area contributed by atoms with E-state index in [0.29, 0.717) is 24.3 Å². The molecular weight excluding hydrogens is 510 g/mol. The van der Waals surface area contributed by atoms with Crippen molar-refractivity contribution in [2.45, 2.75) is 18.2 Å². The van der Waals surface area contributed by atoms with Crippen LogP contribution in [-0.2, 0) is 21.2 Å². The first-order valence-corrected chi connectivity index (χ1v) is 13.9. The van der Waals surface area contributed by atoms with E-state index in [4.69, 9.17) is 4.74 Å². The smallest absolute Gasteiger partial charge is 0.350 e. The molecular formula is C27H23N3O5S2. The Hall–Kier alpha value is -4.02. The predicted octanol–water partition coefficient (Wildman–Crippen LogP) is 4.99. The van der Waals surface area contributed by atoms with Crippen molar-refractivity contribution >= 4 is 44.1 Å². The summed E-state index contributed by atoms with van der Waals surface area (Å²) in [6.07, 6.45) is 0.655. The normalized spacial score (nSPS) is 12.7. The zero-order valence-electron chi connectivity index (χ0n) is 19.9. The van der Waals surface area contributed by atoms with Gasteiger partial charge in [-0.1, -0.05) is 59.9 Å². The fourth-order valence-electron chi connectivity index (χ4n) is 4.13. The van der Waals surface area contributed by atoms with Crippen LogP contribution >= 0.6 is 11.3 Å². The van der Waals surface area contributed by atoms with E-state index >= 15 is 0 Å². The van der Waals surface area contributed by atoms with Crippen molar-refractivity contribution in [1.29, 1.82) is 0 Å². The Morgan fingerprint density at radius 3 is 2.43 bits per heavy atom. The van der Waals surface area contributed by atoms with Crippen LogP contribution in [0, 0.1) is 0 Å². The van der Waals surface area contributed by atoms with Crippen LogP contribution in [0.5, 0.6) is 0 Å². The summed E-state index contributed by atoms with van der Waals surface area (Å²) in [6, 6.07) is 22.4. The Balaban J connectivity index is 1.36. The van der Waals surface area contributed by atoms with Crippen molar-refractivity contribution in [3.8, 4) is 11.3 Å². The van der Waals surface area contributed by atoms with Crippen molar-refractivity contribution in [3.63, 3.8) is 0 Å². The highest BCUT2D eigenvalue weighted by Crippen LogP contribution is 2.34. The maximum atomic E-state index is 13.2. The van der Waals surface area contributed by atoms with Crippen LogP contribution in [0.4, 0.5) is 10.8 Å². The molecule has 0 spiro atoms. The molecule has 3 aromatic carbocycles. The second-order valence-corrected chi connectivity index (χ2v) is 11.1. The molecule has 1 aliphatic rings. The van der Waals surface area contributed by atoms with Gasteiger partial charge in [0, 0.05) is 17.7 Å². The monoisotopic (exact) mass is 533 g/mol. The summed E-state index contributed by atoms with van der Waals surface area (Å²) >= 11 is 1.02. The highest BCUT2D eigenvalue weighted by Gasteiger charge is 2.30. The van der Waals surface area contributed by atoms with Gasteiger partial charge in [0.25, 0.3) is 15.9 Å². The lowest BCUT2D eigenvalue weighted by molar-refractivity contribution is 0.0532. The highest BCUT2D eigenvalue weighted by molar-refractivity contribution is 7.92. The molecule has 5 rings (SSSR count). The number of aromatic nitrogens is 1. The van der Waals surface area contributed by atoms with E-state index in [0.717, 1.165) is 22.5 Å². The number of thiazole rings is 1. The zero-order chi connectivity index (χ0) is 26.0. The summed E-state index contributed by atoms with van der Waals surface area (Å²) in [7, 11) is -3.76. The number of nitrogens with zero attached hydrogens (tertiary/aromatic N) is 2. The number of rotatable bonds is 7. The first kappa shape index (κ1) is 24.7. The number of carbonyl (C=O) groups is 2. The molecule has 1 aromatic heterocycles. The predicted molar refractivity (Wildman–Crippen MR) is 143 cm³/mol. The summed E-state index contributed by atoms with van der Waals surface area (Å²) in [5.41, 5.74) is 3.07. The van der Waals surface area contributed by atoms with Crippen molar-refractivity contribution in [2.75, 3.05) is 22.8 Å². The SMILES string of the molecule is CCOC(=O)c1sc(NC(=O)c2ccc(S(=O)(=O)N3CCc4ccccc43)cc2)nc1-c1ccccc1. The molecule has 4 aromatic rings. The fourth-order valence-corrected chi connectivity index (χ4v) is 6.51. The van der Waals surface area contributed by atoms with Gasteiger partial charge >= 0.3 is 5.97 Å². The molecule has 0 atom stereocenters. The number of amides is 1. The third-order valence-electron chi connectivity index (χ3n) is 5.90. The number of esters is 1. The van der Waals surface area contributed by atoms with E-state index in [1.54, 1.807) is 13.0 Å². The van der Waals surface area contributed by atoms with Gasteiger partial charge in [0.05, 0.1) is 22.9 Å². The average molecular weight is 534 g/mol. The number of sulfonamides is 1. The second-order valence-electron chi connectivity index (χ2n) is 8.22. The third kappa shape index (κ3) is 4.85. The number of nitrogens with one attached hydrogen (secondary N) is 1.